The van der Waals surface area contributed by atoms with Crippen molar-refractivity contribution in [2.24, 2.45) is 7.05 Å². The predicted molar refractivity (Wildman–Crippen MR) is 126 cm³/mol. The summed E-state index contributed by atoms with van der Waals surface area (Å²) in [5.41, 5.74) is 1.60. The molecule has 1 aromatic carbocycles. The maximum Gasteiger partial charge on any atom is 0.410 e. The summed E-state index contributed by atoms with van der Waals surface area (Å²) in [4.78, 5) is 53.8. The summed E-state index contributed by atoms with van der Waals surface area (Å²) >= 11 is 0. The van der Waals surface area contributed by atoms with Crippen LogP contribution in [0.1, 0.15) is 52.5 Å². The monoisotopic (exact) mass is 469 g/mol. The van der Waals surface area contributed by atoms with Gasteiger partial charge in [0.2, 0.25) is 11.8 Å². The quantitative estimate of drug-likeness (QED) is 0.674. The Labute approximate surface area is 197 Å². The third-order valence-corrected chi connectivity index (χ3v) is 7.03. The number of rotatable bonds is 2. The number of aryl methyl sites for hydroxylation is 1. The number of amides is 3. The summed E-state index contributed by atoms with van der Waals surface area (Å²) in [6, 6.07) is 5.52. The molecule has 3 atom stereocenters. The molecule has 182 valence electrons. The Kier molecular flexibility index (Phi) is 5.22. The van der Waals surface area contributed by atoms with Crippen molar-refractivity contribution >= 4 is 34.6 Å². The Morgan fingerprint density at radius 1 is 1.03 bits per heavy atom. The van der Waals surface area contributed by atoms with Crippen LogP contribution in [-0.4, -0.2) is 62.7 Å². The van der Waals surface area contributed by atoms with Crippen LogP contribution in [0.2, 0.25) is 0 Å². The molecule has 3 aliphatic rings. The Bertz CT molecular complexity index is 1220. The third-order valence-electron chi connectivity index (χ3n) is 7.03. The highest BCUT2D eigenvalue weighted by Gasteiger charge is 2.42. The molecule has 2 bridgehead atoms. The molecule has 3 saturated heterocycles. The Balaban J connectivity index is 1.43. The minimum Gasteiger partial charge on any atom is -0.444 e. The second-order valence-corrected chi connectivity index (χ2v) is 10.5. The summed E-state index contributed by atoms with van der Waals surface area (Å²) in [7, 11) is 1.70. The van der Waals surface area contributed by atoms with Crippen LogP contribution in [0.3, 0.4) is 0 Å². The summed E-state index contributed by atoms with van der Waals surface area (Å²) in [6.45, 7) is 6.81. The number of hydrogen-bond acceptors (Lipinski definition) is 6. The zero-order valence-corrected chi connectivity index (χ0v) is 20.0. The summed E-state index contributed by atoms with van der Waals surface area (Å²) in [5, 5.41) is 2.34. The highest BCUT2D eigenvalue weighted by Crippen LogP contribution is 2.37. The van der Waals surface area contributed by atoms with Gasteiger partial charge in [0.05, 0.1) is 11.0 Å². The van der Waals surface area contributed by atoms with Crippen molar-refractivity contribution in [2.75, 3.05) is 18.0 Å². The van der Waals surface area contributed by atoms with E-state index in [2.05, 4.69) is 10.2 Å². The number of carbonyl (C=O) groups excluding carboxylic acids is 3. The lowest BCUT2D eigenvalue weighted by Gasteiger charge is -2.42. The van der Waals surface area contributed by atoms with Crippen LogP contribution in [0.5, 0.6) is 0 Å². The fourth-order valence-corrected chi connectivity index (χ4v) is 5.54. The smallest absolute Gasteiger partial charge is 0.410 e. The van der Waals surface area contributed by atoms with Gasteiger partial charge in [0, 0.05) is 44.3 Å². The number of benzene rings is 1. The van der Waals surface area contributed by atoms with Crippen LogP contribution in [0, 0.1) is 0 Å². The van der Waals surface area contributed by atoms with Gasteiger partial charge < -0.3 is 14.5 Å². The van der Waals surface area contributed by atoms with Crippen molar-refractivity contribution in [3.8, 4) is 0 Å². The van der Waals surface area contributed by atoms with Crippen LogP contribution >= 0.6 is 0 Å². The van der Waals surface area contributed by atoms with E-state index >= 15 is 0 Å². The number of imide groups is 1. The first-order valence-corrected chi connectivity index (χ1v) is 11.8. The average Bonchev–Trinajstić information content (AvgIpc) is 3.16. The molecular weight excluding hydrogens is 438 g/mol. The van der Waals surface area contributed by atoms with E-state index in [1.165, 1.54) is 4.57 Å². The first-order chi connectivity index (χ1) is 16.0. The number of nitrogens with one attached hydrogen (secondary N) is 1. The van der Waals surface area contributed by atoms with Gasteiger partial charge in [-0.1, -0.05) is 0 Å². The minimum absolute atomic E-state index is 0.179. The van der Waals surface area contributed by atoms with E-state index in [9.17, 15) is 19.2 Å². The number of imidazole rings is 1. The van der Waals surface area contributed by atoms with Gasteiger partial charge in [-0.05, 0) is 58.2 Å². The van der Waals surface area contributed by atoms with Gasteiger partial charge >= 0.3 is 11.8 Å². The predicted octanol–water partition coefficient (Wildman–Crippen LogP) is 1.91. The van der Waals surface area contributed by atoms with Crippen LogP contribution in [0.4, 0.5) is 10.5 Å². The van der Waals surface area contributed by atoms with Crippen molar-refractivity contribution in [3.05, 3.63) is 28.7 Å². The molecule has 3 fully saturated rings. The number of piperidine rings is 1. The SMILES string of the molecule is Cn1c(=O)n(C2CCC(=O)NC2=O)c2ccc(N3C4CCC3CN(C(=O)OC(C)(C)C)C4)cc21. The summed E-state index contributed by atoms with van der Waals surface area (Å²) < 4.78 is 8.63. The van der Waals surface area contributed by atoms with Crippen LogP contribution in [0.25, 0.3) is 11.0 Å². The second-order valence-electron chi connectivity index (χ2n) is 10.5. The lowest BCUT2D eigenvalue weighted by atomic mass is 10.1. The molecule has 4 heterocycles. The Morgan fingerprint density at radius 3 is 2.32 bits per heavy atom. The van der Waals surface area contributed by atoms with Crippen molar-refractivity contribution in [2.45, 2.75) is 70.2 Å². The Morgan fingerprint density at radius 2 is 1.71 bits per heavy atom. The van der Waals surface area contributed by atoms with Gasteiger partial charge in [-0.25, -0.2) is 9.59 Å². The normalized spacial score (nSPS) is 25.1. The van der Waals surface area contributed by atoms with Crippen molar-refractivity contribution in [3.63, 3.8) is 0 Å². The molecule has 3 aliphatic heterocycles. The molecule has 10 heteroatoms. The molecule has 10 nitrogen and oxygen atoms in total. The zero-order valence-electron chi connectivity index (χ0n) is 20.0. The lowest BCUT2D eigenvalue weighted by molar-refractivity contribution is -0.135. The van der Waals surface area contributed by atoms with Gasteiger partial charge in [0.25, 0.3) is 0 Å². The van der Waals surface area contributed by atoms with Crippen LogP contribution < -0.4 is 15.9 Å². The number of nitrogens with zero attached hydrogens (tertiary/aromatic N) is 4. The van der Waals surface area contributed by atoms with Gasteiger partial charge in [0.1, 0.15) is 11.6 Å². The number of ether oxygens (including phenoxy) is 1. The number of carbonyl (C=O) groups is 3. The van der Waals surface area contributed by atoms with Gasteiger partial charge in [0.15, 0.2) is 0 Å². The van der Waals surface area contributed by atoms with E-state index in [1.807, 2.05) is 39.0 Å². The highest BCUT2D eigenvalue weighted by atomic mass is 16.6. The number of piperazine rings is 1. The number of likely N-dealkylation sites (tertiary alicyclic amines) is 1. The molecule has 1 aromatic heterocycles. The largest absolute Gasteiger partial charge is 0.444 e. The van der Waals surface area contributed by atoms with Crippen molar-refractivity contribution in [1.29, 1.82) is 0 Å². The molecule has 34 heavy (non-hydrogen) atoms. The molecule has 0 saturated carbocycles. The Hall–Kier alpha value is -3.30. The molecule has 0 radical (unpaired) electrons. The molecule has 3 unspecified atom stereocenters. The zero-order chi connectivity index (χ0) is 24.4. The first kappa shape index (κ1) is 22.5. The van der Waals surface area contributed by atoms with E-state index < -0.39 is 17.6 Å². The van der Waals surface area contributed by atoms with E-state index in [0.29, 0.717) is 25.0 Å². The highest BCUT2D eigenvalue weighted by molar-refractivity contribution is 6.00. The van der Waals surface area contributed by atoms with Gasteiger partial charge in [-0.15, -0.1) is 0 Å². The molecular formula is C24H31N5O5. The summed E-state index contributed by atoms with van der Waals surface area (Å²) in [5.74, 6) is -0.746. The van der Waals surface area contributed by atoms with Crippen molar-refractivity contribution in [1.82, 2.24) is 19.4 Å². The molecule has 1 N–H and O–H groups in total. The third kappa shape index (κ3) is 3.74. The molecule has 3 amide bonds. The number of aromatic nitrogens is 2. The second kappa shape index (κ2) is 7.89. The molecule has 2 aromatic rings. The first-order valence-electron chi connectivity index (χ1n) is 11.8. The lowest BCUT2D eigenvalue weighted by Crippen LogP contribution is -2.56. The maximum absolute atomic E-state index is 13.1. The van der Waals surface area contributed by atoms with Crippen LogP contribution in [0.15, 0.2) is 23.0 Å². The number of anilines is 1. The molecule has 0 aliphatic carbocycles. The fraction of sp³-hybridized carbons (Fsp3) is 0.583. The summed E-state index contributed by atoms with van der Waals surface area (Å²) in [6.07, 6.45) is 2.21. The standard InChI is InChI=1S/C24H31N5O5/c1-24(2,3)34-23(33)27-12-15-5-6-16(13-27)28(15)14-7-8-17-19(11-14)26(4)22(32)29(17)18-9-10-20(30)25-21(18)31/h7-8,11,15-16,18H,5-6,9-10,12-13H2,1-4H3,(H,25,30,31). The van der Waals surface area contributed by atoms with Gasteiger partial charge in [-0.2, -0.15) is 0 Å². The topological polar surface area (TPSA) is 106 Å². The van der Waals surface area contributed by atoms with E-state index in [1.54, 1.807) is 16.5 Å². The van der Waals surface area contributed by atoms with E-state index in [-0.39, 0.29) is 36.2 Å². The average molecular weight is 470 g/mol. The van der Waals surface area contributed by atoms with Crippen molar-refractivity contribution < 1.29 is 19.1 Å². The van der Waals surface area contributed by atoms with E-state index in [4.69, 9.17) is 4.74 Å². The number of hydrogen-bond donors (Lipinski definition) is 1. The fourth-order valence-electron chi connectivity index (χ4n) is 5.54. The number of fused-ring (bicyclic) bond motifs is 3. The molecule has 5 rings (SSSR count). The maximum atomic E-state index is 13.1. The van der Waals surface area contributed by atoms with Crippen LogP contribution in [-0.2, 0) is 21.4 Å². The van der Waals surface area contributed by atoms with Gasteiger partial charge in [-0.3, -0.25) is 24.0 Å². The minimum atomic E-state index is -0.701. The van der Waals surface area contributed by atoms with E-state index in [0.717, 1.165) is 24.0 Å². The molecule has 0 spiro atoms.